The molecule has 0 amide bonds. The molecule has 0 bridgehead atoms. The normalized spacial score (nSPS) is 32.4. The average molecular weight is 643 g/mol. The summed E-state index contributed by atoms with van der Waals surface area (Å²) < 4.78 is 42.9. The van der Waals surface area contributed by atoms with Crippen LogP contribution in [-0.2, 0) is 24.6 Å². The molecule has 2 saturated heterocycles. The maximum Gasteiger partial charge on any atom is 0.309 e. The van der Waals surface area contributed by atoms with Crippen LogP contribution in [0.2, 0.25) is 0 Å². The van der Waals surface area contributed by atoms with Gasteiger partial charge in [-0.2, -0.15) is 0 Å². The molecule has 1 aliphatic carbocycles. The number of halogens is 2. The Morgan fingerprint density at radius 3 is 2.50 bits per heavy atom. The molecule has 0 radical (unpaired) electrons. The number of aryl methyl sites for hydroxylation is 1. The van der Waals surface area contributed by atoms with E-state index in [2.05, 4.69) is 15.3 Å². The summed E-state index contributed by atoms with van der Waals surface area (Å²) in [7, 11) is 0. The Bertz CT molecular complexity index is 1570. The number of nitrogens with one attached hydrogen (secondary N) is 1. The van der Waals surface area contributed by atoms with Gasteiger partial charge in [0.1, 0.15) is 53.9 Å². The summed E-state index contributed by atoms with van der Waals surface area (Å²) in [5.41, 5.74) is 1.82. The Labute approximate surface area is 263 Å². The average Bonchev–Trinajstić information content (AvgIpc) is 3.63. The Balaban J connectivity index is 1.06. The fourth-order valence-corrected chi connectivity index (χ4v) is 6.39. The minimum Gasteiger partial charge on any atom is -0.463 e. The lowest BCUT2D eigenvalue weighted by molar-refractivity contribution is -0.287. The van der Waals surface area contributed by atoms with Crippen molar-refractivity contribution in [1.29, 1.82) is 0 Å². The van der Waals surface area contributed by atoms with Crippen LogP contribution in [0.4, 0.5) is 20.4 Å². The van der Waals surface area contributed by atoms with Gasteiger partial charge in [0.05, 0.1) is 17.3 Å². The van der Waals surface area contributed by atoms with Gasteiger partial charge < -0.3 is 40.0 Å². The van der Waals surface area contributed by atoms with Crippen LogP contribution < -0.4 is 5.32 Å². The van der Waals surface area contributed by atoms with Crippen LogP contribution in [0, 0.1) is 12.8 Å². The van der Waals surface area contributed by atoms with Gasteiger partial charge >= 0.3 is 5.97 Å². The second-order valence-electron chi connectivity index (χ2n) is 12.3. The van der Waals surface area contributed by atoms with Crippen molar-refractivity contribution in [2.75, 3.05) is 11.9 Å². The fraction of sp³-hybridized carbons (Fsp3) is 0.500. The van der Waals surface area contributed by atoms with Crippen molar-refractivity contribution in [1.82, 2.24) is 15.0 Å². The van der Waals surface area contributed by atoms with Crippen LogP contribution in [-0.4, -0.2) is 84.3 Å². The summed E-state index contributed by atoms with van der Waals surface area (Å²) >= 11 is 0. The van der Waals surface area contributed by atoms with E-state index in [-0.39, 0.29) is 23.9 Å². The molecule has 3 aromatic rings. The standard InChI is InChI=1S/C32H36F2N4O8/c1-16-11-20(37-24(12-16)38-23-13-18(28(33)34)7-10-35-23)19-3-4-22(36-14-19)31(2)32(46-31)8-5-17(6-9-32)29(42)44-15-21-25(39)26(40)27(41)30(43)45-21/h3-4,7,10-14,17,21,25-28,30,39-41,43H,5-6,8-9,15H2,1-2H3,(H,35,37,38)/t17-,21-,25-,26?,27-,30?,31+,32+/m1/s1. The van der Waals surface area contributed by atoms with Gasteiger partial charge in [-0.05, 0) is 81.5 Å². The smallest absolute Gasteiger partial charge is 0.309 e. The Morgan fingerprint density at radius 2 is 1.80 bits per heavy atom. The van der Waals surface area contributed by atoms with E-state index in [1.54, 1.807) is 12.3 Å². The molecule has 1 spiro atoms. The van der Waals surface area contributed by atoms with Crippen molar-refractivity contribution >= 4 is 17.6 Å². The molecule has 3 aromatic heterocycles. The molecule has 12 nitrogen and oxygen atoms in total. The number of epoxide rings is 1. The molecule has 14 heteroatoms. The first kappa shape index (κ1) is 32.3. The summed E-state index contributed by atoms with van der Waals surface area (Å²) in [6.07, 6.45) is -5.00. The largest absolute Gasteiger partial charge is 0.463 e. The van der Waals surface area contributed by atoms with E-state index in [4.69, 9.17) is 19.2 Å². The van der Waals surface area contributed by atoms with Crippen LogP contribution in [0.1, 0.15) is 55.9 Å². The number of pyridine rings is 3. The predicted molar refractivity (Wildman–Crippen MR) is 158 cm³/mol. The maximum absolute atomic E-state index is 13.1. The van der Waals surface area contributed by atoms with Gasteiger partial charge in [0, 0.05) is 23.5 Å². The number of hydrogen-bond donors (Lipinski definition) is 5. The van der Waals surface area contributed by atoms with Gasteiger partial charge in [-0.3, -0.25) is 9.78 Å². The summed E-state index contributed by atoms with van der Waals surface area (Å²) in [5.74, 6) is -0.137. The third-order valence-electron chi connectivity index (χ3n) is 9.24. The van der Waals surface area contributed by atoms with E-state index >= 15 is 0 Å². The van der Waals surface area contributed by atoms with Crippen molar-refractivity contribution in [2.24, 2.45) is 5.92 Å². The fourth-order valence-electron chi connectivity index (χ4n) is 6.39. The van der Waals surface area contributed by atoms with E-state index in [0.29, 0.717) is 37.2 Å². The molecule has 3 fully saturated rings. The monoisotopic (exact) mass is 642 g/mol. The lowest BCUT2D eigenvalue weighted by atomic mass is 9.75. The molecule has 2 aliphatic heterocycles. The number of carbonyl (C=O) groups excluding carboxylic acids is 1. The summed E-state index contributed by atoms with van der Waals surface area (Å²) in [6.45, 7) is 3.51. The molecule has 0 aromatic carbocycles. The van der Waals surface area contributed by atoms with Crippen molar-refractivity contribution < 1.29 is 48.2 Å². The number of ether oxygens (including phenoxy) is 3. The van der Waals surface area contributed by atoms with Crippen LogP contribution >= 0.6 is 0 Å². The number of anilines is 2. The Morgan fingerprint density at radius 1 is 1.04 bits per heavy atom. The van der Waals surface area contributed by atoms with Crippen LogP contribution in [0.15, 0.2) is 48.8 Å². The summed E-state index contributed by atoms with van der Waals surface area (Å²) in [4.78, 5) is 26.2. The number of esters is 1. The SMILES string of the molecule is Cc1cc(Nc2cc(C(F)F)ccn2)nc(-c2ccc([C@]3(C)O[C@]34CC[C@@H](C(=O)OC[C@H]3OC(O)[C@H](O)C(O)[C@@H]3O)CC4)nc2)c1. The van der Waals surface area contributed by atoms with E-state index < -0.39 is 54.3 Å². The molecular formula is C32H36F2N4O8. The molecule has 46 heavy (non-hydrogen) atoms. The second-order valence-corrected chi connectivity index (χ2v) is 12.3. The minimum atomic E-state index is -2.61. The minimum absolute atomic E-state index is 0.136. The van der Waals surface area contributed by atoms with Crippen molar-refractivity contribution in [3.05, 3.63) is 65.6 Å². The molecule has 2 unspecified atom stereocenters. The van der Waals surface area contributed by atoms with Crippen molar-refractivity contribution in [3.8, 4) is 11.3 Å². The van der Waals surface area contributed by atoms with E-state index in [9.17, 15) is 34.0 Å². The maximum atomic E-state index is 13.1. The van der Waals surface area contributed by atoms with Gasteiger partial charge in [-0.15, -0.1) is 0 Å². The van der Waals surface area contributed by atoms with E-state index in [1.165, 1.54) is 18.3 Å². The Hall–Kier alpha value is -3.66. The zero-order valence-corrected chi connectivity index (χ0v) is 25.2. The Kier molecular flexibility index (Phi) is 8.78. The molecule has 5 N–H and O–H groups in total. The first-order valence-corrected chi connectivity index (χ1v) is 15.1. The second kappa shape index (κ2) is 12.5. The molecule has 246 valence electrons. The van der Waals surface area contributed by atoms with Gasteiger partial charge in [0.2, 0.25) is 0 Å². The number of aromatic nitrogens is 3. The van der Waals surface area contributed by atoms with E-state index in [0.717, 1.165) is 16.8 Å². The predicted octanol–water partition coefficient (Wildman–Crippen LogP) is 3.05. The quantitative estimate of drug-likeness (QED) is 0.179. The number of carbonyl (C=O) groups is 1. The number of hydrogen-bond acceptors (Lipinski definition) is 12. The first-order chi connectivity index (χ1) is 21.9. The molecule has 3 aliphatic rings. The molecule has 5 heterocycles. The number of aliphatic hydroxyl groups excluding tert-OH is 4. The van der Waals surface area contributed by atoms with Crippen LogP contribution in [0.25, 0.3) is 11.3 Å². The highest BCUT2D eigenvalue weighted by atomic mass is 19.3. The van der Waals surface area contributed by atoms with Crippen LogP contribution in [0.5, 0.6) is 0 Å². The highest BCUT2D eigenvalue weighted by Crippen LogP contribution is 2.62. The summed E-state index contributed by atoms with van der Waals surface area (Å²) in [5, 5.41) is 42.2. The third-order valence-corrected chi connectivity index (χ3v) is 9.24. The molecule has 6 atom stereocenters. The van der Waals surface area contributed by atoms with E-state index in [1.807, 2.05) is 32.0 Å². The van der Waals surface area contributed by atoms with Crippen molar-refractivity contribution in [3.63, 3.8) is 0 Å². The highest BCUT2D eigenvalue weighted by molar-refractivity contribution is 5.72. The lowest BCUT2D eigenvalue weighted by Gasteiger charge is -2.38. The molecular weight excluding hydrogens is 606 g/mol. The number of nitrogens with zero attached hydrogens (tertiary/aromatic N) is 3. The first-order valence-electron chi connectivity index (χ1n) is 15.1. The summed E-state index contributed by atoms with van der Waals surface area (Å²) in [6, 6.07) is 10.0. The number of aliphatic hydroxyl groups is 4. The van der Waals surface area contributed by atoms with Gasteiger partial charge in [-0.1, -0.05) is 0 Å². The molecule has 6 rings (SSSR count). The van der Waals surface area contributed by atoms with Gasteiger partial charge in [-0.25, -0.2) is 18.7 Å². The highest BCUT2D eigenvalue weighted by Gasteiger charge is 2.69. The van der Waals surface area contributed by atoms with Gasteiger partial charge in [0.15, 0.2) is 6.29 Å². The zero-order valence-electron chi connectivity index (χ0n) is 25.2. The number of alkyl halides is 2. The van der Waals surface area contributed by atoms with Crippen molar-refractivity contribution in [2.45, 2.75) is 87.9 Å². The molecule has 1 saturated carbocycles. The third kappa shape index (κ3) is 6.20. The lowest BCUT2D eigenvalue weighted by Crippen LogP contribution is -2.58. The number of rotatable bonds is 8. The van der Waals surface area contributed by atoms with Gasteiger partial charge in [0.25, 0.3) is 6.43 Å². The topological polar surface area (TPSA) is 180 Å². The zero-order chi connectivity index (χ0) is 32.8. The van der Waals surface area contributed by atoms with Crippen LogP contribution in [0.3, 0.4) is 0 Å².